The molecule has 0 radical (unpaired) electrons. The van der Waals surface area contributed by atoms with Crippen LogP contribution in [0.25, 0.3) is 0 Å². The number of fused-ring (bicyclic) bond motifs is 11. The van der Waals surface area contributed by atoms with Crippen LogP contribution in [-0.2, 0) is 11.3 Å². The molecular formula is C19H22O2. The predicted molar refractivity (Wildman–Crippen MR) is 78.6 cm³/mol. The molecule has 2 heteroatoms. The highest BCUT2D eigenvalue weighted by molar-refractivity contribution is 5.35. The molecule has 4 aliphatic carbocycles. The molecule has 21 heavy (non-hydrogen) atoms. The standard InChI is InChI=1S/C19H22O2/c1-2-4-16-13(3-1)10-20-19(21-16)9-14-8-15(19)18-12-6-5-11(7-12)17(14)18/h1-4,11-12,14-15,17-18H,5-10H2. The van der Waals surface area contributed by atoms with E-state index in [2.05, 4.69) is 24.3 Å². The first-order valence-electron chi connectivity index (χ1n) is 8.75. The largest absolute Gasteiger partial charge is 0.462 e. The summed E-state index contributed by atoms with van der Waals surface area (Å²) >= 11 is 0. The van der Waals surface area contributed by atoms with Crippen LogP contribution in [0.15, 0.2) is 24.3 Å². The van der Waals surface area contributed by atoms with Crippen molar-refractivity contribution >= 4 is 0 Å². The van der Waals surface area contributed by atoms with Crippen LogP contribution in [0, 0.1) is 35.5 Å². The van der Waals surface area contributed by atoms with Crippen LogP contribution in [0.4, 0.5) is 0 Å². The van der Waals surface area contributed by atoms with Gasteiger partial charge in [-0.15, -0.1) is 0 Å². The topological polar surface area (TPSA) is 18.5 Å². The molecule has 7 unspecified atom stereocenters. The second-order valence-electron chi connectivity index (χ2n) is 8.10. The van der Waals surface area contributed by atoms with Crippen LogP contribution in [0.2, 0.25) is 0 Å². The molecule has 0 amide bonds. The minimum atomic E-state index is -0.273. The maximum Gasteiger partial charge on any atom is 0.214 e. The molecule has 0 aromatic heterocycles. The van der Waals surface area contributed by atoms with Crippen LogP contribution in [0.1, 0.15) is 37.7 Å². The SMILES string of the molecule is c1ccc2c(c1)COC1(CC3CC1C1C4CCC(C4)C31)O2. The van der Waals surface area contributed by atoms with E-state index in [0.29, 0.717) is 5.92 Å². The van der Waals surface area contributed by atoms with Gasteiger partial charge in [0.15, 0.2) is 0 Å². The lowest BCUT2D eigenvalue weighted by molar-refractivity contribution is -0.251. The van der Waals surface area contributed by atoms with E-state index < -0.39 is 0 Å². The smallest absolute Gasteiger partial charge is 0.214 e. The molecule has 7 atom stereocenters. The van der Waals surface area contributed by atoms with Gasteiger partial charge < -0.3 is 9.47 Å². The third kappa shape index (κ3) is 1.30. The fourth-order valence-corrected chi connectivity index (χ4v) is 6.95. The molecule has 1 aliphatic heterocycles. The summed E-state index contributed by atoms with van der Waals surface area (Å²) in [6, 6.07) is 8.43. The predicted octanol–water partition coefficient (Wildman–Crippen LogP) is 3.99. The molecule has 0 N–H and O–H groups in total. The Kier molecular flexibility index (Phi) is 2.01. The Labute approximate surface area is 125 Å². The Morgan fingerprint density at radius 1 is 0.952 bits per heavy atom. The van der Waals surface area contributed by atoms with E-state index in [-0.39, 0.29) is 5.79 Å². The Morgan fingerprint density at radius 3 is 2.76 bits per heavy atom. The van der Waals surface area contributed by atoms with Crippen molar-refractivity contribution in [2.75, 3.05) is 0 Å². The van der Waals surface area contributed by atoms with Gasteiger partial charge in [-0.1, -0.05) is 18.2 Å². The Balaban J connectivity index is 1.39. The van der Waals surface area contributed by atoms with Gasteiger partial charge >= 0.3 is 0 Å². The average molecular weight is 282 g/mol. The molecule has 1 aromatic carbocycles. The van der Waals surface area contributed by atoms with Crippen LogP contribution in [-0.4, -0.2) is 5.79 Å². The van der Waals surface area contributed by atoms with Gasteiger partial charge in [-0.3, -0.25) is 0 Å². The van der Waals surface area contributed by atoms with Crippen molar-refractivity contribution in [1.29, 1.82) is 0 Å². The molecule has 0 saturated heterocycles. The van der Waals surface area contributed by atoms with Gasteiger partial charge in [0.05, 0.1) is 6.61 Å². The van der Waals surface area contributed by atoms with E-state index >= 15 is 0 Å². The molecular weight excluding hydrogens is 260 g/mol. The normalized spacial score (nSPS) is 52.0. The highest BCUT2D eigenvalue weighted by Gasteiger charge is 2.69. The summed E-state index contributed by atoms with van der Waals surface area (Å²) in [7, 11) is 0. The highest BCUT2D eigenvalue weighted by atomic mass is 16.7. The fraction of sp³-hybridized carbons (Fsp3) is 0.684. The lowest BCUT2D eigenvalue weighted by atomic mass is 9.68. The van der Waals surface area contributed by atoms with E-state index in [1.165, 1.54) is 31.2 Å². The van der Waals surface area contributed by atoms with Crippen molar-refractivity contribution in [3.8, 4) is 5.75 Å². The van der Waals surface area contributed by atoms with Gasteiger partial charge in [0.2, 0.25) is 5.79 Å². The van der Waals surface area contributed by atoms with Crippen molar-refractivity contribution in [3.05, 3.63) is 29.8 Å². The second kappa shape index (κ2) is 3.65. The zero-order valence-electron chi connectivity index (χ0n) is 12.3. The second-order valence-corrected chi connectivity index (χ2v) is 8.10. The van der Waals surface area contributed by atoms with Crippen molar-refractivity contribution < 1.29 is 9.47 Å². The van der Waals surface area contributed by atoms with Gasteiger partial charge in [-0.05, 0) is 61.3 Å². The summed E-state index contributed by atoms with van der Waals surface area (Å²) < 4.78 is 12.9. The van der Waals surface area contributed by atoms with E-state index in [1.54, 1.807) is 0 Å². The van der Waals surface area contributed by atoms with Crippen molar-refractivity contribution in [2.45, 2.75) is 44.5 Å². The number of benzene rings is 1. The van der Waals surface area contributed by atoms with Gasteiger partial charge in [-0.25, -0.2) is 0 Å². The first-order chi connectivity index (χ1) is 10.3. The number of rotatable bonds is 0. The van der Waals surface area contributed by atoms with Gasteiger partial charge in [0.1, 0.15) is 5.75 Å². The summed E-state index contributed by atoms with van der Waals surface area (Å²) in [6.45, 7) is 0.741. The first kappa shape index (κ1) is 11.5. The molecule has 1 spiro atoms. The van der Waals surface area contributed by atoms with E-state index in [0.717, 1.165) is 48.4 Å². The first-order valence-corrected chi connectivity index (χ1v) is 8.75. The monoisotopic (exact) mass is 282 g/mol. The molecule has 6 rings (SSSR count). The quantitative estimate of drug-likeness (QED) is 0.670. The Hall–Kier alpha value is -1.02. The van der Waals surface area contributed by atoms with Crippen LogP contribution in [0.5, 0.6) is 5.75 Å². The van der Waals surface area contributed by atoms with Gasteiger partial charge in [0, 0.05) is 17.9 Å². The average Bonchev–Trinajstić information content (AvgIpc) is 3.25. The molecule has 110 valence electrons. The van der Waals surface area contributed by atoms with Crippen molar-refractivity contribution in [2.24, 2.45) is 35.5 Å². The third-order valence-corrected chi connectivity index (χ3v) is 7.45. The Bertz CT molecular complexity index is 611. The third-order valence-electron chi connectivity index (χ3n) is 7.45. The lowest BCUT2D eigenvalue weighted by Crippen LogP contribution is -2.52. The highest BCUT2D eigenvalue weighted by Crippen LogP contribution is 2.70. The van der Waals surface area contributed by atoms with Crippen LogP contribution in [0.3, 0.4) is 0 Å². The summed E-state index contributed by atoms with van der Waals surface area (Å²) in [4.78, 5) is 0. The van der Waals surface area contributed by atoms with Crippen LogP contribution >= 0.6 is 0 Å². The maximum absolute atomic E-state index is 6.51. The zero-order valence-corrected chi connectivity index (χ0v) is 12.3. The summed E-state index contributed by atoms with van der Waals surface area (Å²) in [5, 5.41) is 0. The molecule has 1 heterocycles. The zero-order chi connectivity index (χ0) is 13.6. The summed E-state index contributed by atoms with van der Waals surface area (Å²) in [5.41, 5.74) is 1.22. The molecule has 4 fully saturated rings. The summed E-state index contributed by atoms with van der Waals surface area (Å²) in [6.07, 6.45) is 7.00. The molecule has 4 bridgehead atoms. The fourth-order valence-electron chi connectivity index (χ4n) is 6.95. The number of ether oxygens (including phenoxy) is 2. The number of para-hydroxylation sites is 1. The molecule has 2 nitrogen and oxygen atoms in total. The van der Waals surface area contributed by atoms with E-state index in [4.69, 9.17) is 9.47 Å². The Morgan fingerprint density at radius 2 is 1.81 bits per heavy atom. The number of hydrogen-bond donors (Lipinski definition) is 0. The summed E-state index contributed by atoms with van der Waals surface area (Å²) in [5.74, 6) is 6.30. The van der Waals surface area contributed by atoms with Gasteiger partial charge in [0.25, 0.3) is 0 Å². The van der Waals surface area contributed by atoms with E-state index in [1.807, 2.05) is 0 Å². The molecule has 4 saturated carbocycles. The van der Waals surface area contributed by atoms with E-state index in [9.17, 15) is 0 Å². The minimum Gasteiger partial charge on any atom is -0.462 e. The van der Waals surface area contributed by atoms with Gasteiger partial charge in [-0.2, -0.15) is 0 Å². The number of hydrogen-bond acceptors (Lipinski definition) is 2. The maximum atomic E-state index is 6.51. The lowest BCUT2D eigenvalue weighted by Gasteiger charge is -2.47. The molecule has 1 aromatic rings. The minimum absolute atomic E-state index is 0.273. The van der Waals surface area contributed by atoms with Crippen LogP contribution < -0.4 is 4.74 Å². The van der Waals surface area contributed by atoms with Crippen molar-refractivity contribution in [3.63, 3.8) is 0 Å². The molecule has 5 aliphatic rings. The van der Waals surface area contributed by atoms with Crippen molar-refractivity contribution in [1.82, 2.24) is 0 Å².